The van der Waals surface area contributed by atoms with Crippen molar-refractivity contribution in [3.63, 3.8) is 0 Å². The molecule has 1 aliphatic carbocycles. The van der Waals surface area contributed by atoms with Crippen LogP contribution in [0.1, 0.15) is 16.8 Å². The minimum Gasteiger partial charge on any atom is -0.497 e. The Labute approximate surface area is 138 Å². The number of halogens is 2. The van der Waals surface area contributed by atoms with E-state index in [4.69, 9.17) is 10.5 Å². The fourth-order valence-corrected chi connectivity index (χ4v) is 2.25. The molecule has 122 valence electrons. The topological polar surface area (TPSA) is 64.3 Å². The molecule has 23 heavy (non-hydrogen) atoms. The monoisotopic (exact) mass is 338 g/mol. The molecule has 0 spiro atoms. The molecule has 0 aliphatic heterocycles. The largest absolute Gasteiger partial charge is 0.497 e. The zero-order valence-electron chi connectivity index (χ0n) is 12.3. The third-order valence-electron chi connectivity index (χ3n) is 3.34. The van der Waals surface area contributed by atoms with Crippen LogP contribution in [0.15, 0.2) is 58.5 Å². The molecule has 0 heterocycles. The number of thiol groups is 1. The van der Waals surface area contributed by atoms with Crippen molar-refractivity contribution in [2.24, 2.45) is 5.73 Å². The van der Waals surface area contributed by atoms with Gasteiger partial charge in [0, 0.05) is 23.3 Å². The quantitative estimate of drug-likeness (QED) is 0.740. The summed E-state index contributed by atoms with van der Waals surface area (Å²) in [5, 5.41) is 3.65. The fraction of sp³-hybridized carbons (Fsp3) is 0.188. The highest BCUT2D eigenvalue weighted by atomic mass is 32.1. The van der Waals surface area contributed by atoms with Gasteiger partial charge < -0.3 is 15.8 Å². The van der Waals surface area contributed by atoms with Gasteiger partial charge in [-0.05, 0) is 29.7 Å². The van der Waals surface area contributed by atoms with Crippen LogP contribution in [0.4, 0.5) is 8.78 Å². The van der Waals surface area contributed by atoms with E-state index in [0.29, 0.717) is 11.3 Å². The second kappa shape index (κ2) is 7.32. The van der Waals surface area contributed by atoms with Crippen LogP contribution in [0.25, 0.3) is 0 Å². The Morgan fingerprint density at radius 1 is 1.52 bits per heavy atom. The number of nitrogens with two attached hydrogens (primary N) is 1. The number of rotatable bonds is 4. The highest BCUT2D eigenvalue weighted by molar-refractivity contribution is 7.83. The minimum atomic E-state index is -1.57. The molecule has 0 radical (unpaired) electrons. The number of nitrogens with one attached hydrogen (secondary N) is 1. The smallest absolute Gasteiger partial charge is 0.255 e. The average molecular weight is 338 g/mol. The molecule has 2 rings (SSSR count). The van der Waals surface area contributed by atoms with Crippen molar-refractivity contribution < 1.29 is 18.3 Å². The van der Waals surface area contributed by atoms with E-state index in [9.17, 15) is 13.6 Å². The van der Waals surface area contributed by atoms with Crippen molar-refractivity contribution in [3.8, 4) is 5.75 Å². The third kappa shape index (κ3) is 3.92. The Morgan fingerprint density at radius 3 is 2.91 bits per heavy atom. The summed E-state index contributed by atoms with van der Waals surface area (Å²) in [6, 6.07) is 6.39. The van der Waals surface area contributed by atoms with Gasteiger partial charge in [0.25, 0.3) is 5.91 Å². The molecule has 1 unspecified atom stereocenters. The number of ether oxygens (including phenoxy) is 1. The van der Waals surface area contributed by atoms with Crippen LogP contribution in [-0.2, 0) is 0 Å². The predicted molar refractivity (Wildman–Crippen MR) is 87.4 cm³/mol. The summed E-state index contributed by atoms with van der Waals surface area (Å²) >= 11 is 3.86. The minimum absolute atomic E-state index is 0.0847. The first-order chi connectivity index (χ1) is 11.0. The summed E-state index contributed by atoms with van der Waals surface area (Å²) in [6.45, 7) is 0. The number of carbonyl (C=O) groups excluding carboxylic acids is 1. The number of methoxy groups -OCH3 is 1. The highest BCUT2D eigenvalue weighted by Crippen LogP contribution is 2.29. The van der Waals surface area contributed by atoms with Gasteiger partial charge in [-0.25, -0.2) is 8.78 Å². The number of benzene rings is 1. The maximum absolute atomic E-state index is 13.9. The number of alkyl halides is 1. The van der Waals surface area contributed by atoms with Crippen LogP contribution >= 0.6 is 12.6 Å². The molecular weight excluding hydrogens is 322 g/mol. The first-order valence-corrected chi connectivity index (χ1v) is 7.27. The van der Waals surface area contributed by atoms with Crippen molar-refractivity contribution in [2.75, 3.05) is 7.11 Å². The summed E-state index contributed by atoms with van der Waals surface area (Å²) < 4.78 is 32.8. The Kier molecular flexibility index (Phi) is 5.44. The van der Waals surface area contributed by atoms with Crippen LogP contribution < -0.4 is 15.8 Å². The summed E-state index contributed by atoms with van der Waals surface area (Å²) in [7, 11) is 1.48. The van der Waals surface area contributed by atoms with Gasteiger partial charge in [0.2, 0.25) is 0 Å². The molecular formula is C16H16F2N2O2S. The van der Waals surface area contributed by atoms with Crippen molar-refractivity contribution in [1.29, 1.82) is 0 Å². The Bertz CT molecular complexity index is 714. The van der Waals surface area contributed by atoms with Gasteiger partial charge in [-0.2, -0.15) is 0 Å². The molecule has 4 nitrogen and oxygen atoms in total. The van der Waals surface area contributed by atoms with Crippen LogP contribution in [-0.4, -0.2) is 19.2 Å². The third-order valence-corrected chi connectivity index (χ3v) is 3.62. The van der Waals surface area contributed by atoms with E-state index < -0.39 is 24.3 Å². The number of amides is 1. The molecule has 1 aromatic rings. The molecule has 3 N–H and O–H groups in total. The Balaban J connectivity index is 2.25. The lowest BCUT2D eigenvalue weighted by Gasteiger charge is -2.20. The number of hydrogen-bond acceptors (Lipinski definition) is 4. The van der Waals surface area contributed by atoms with Crippen molar-refractivity contribution >= 4 is 18.5 Å². The second-order valence-corrected chi connectivity index (χ2v) is 5.12. The SMILES string of the molecule is COc1cccc(C(=O)NC2=C(F)CC(F)C(/C(N)=C/S)=C2)c1. The molecule has 0 saturated heterocycles. The first kappa shape index (κ1) is 17.1. The second-order valence-electron chi connectivity index (χ2n) is 4.86. The van der Waals surface area contributed by atoms with E-state index >= 15 is 0 Å². The number of carbonyl (C=O) groups is 1. The van der Waals surface area contributed by atoms with E-state index in [0.717, 1.165) is 0 Å². The Hall–Kier alpha value is -2.28. The van der Waals surface area contributed by atoms with Crippen LogP contribution in [0.3, 0.4) is 0 Å². The van der Waals surface area contributed by atoms with E-state index in [2.05, 4.69) is 17.9 Å². The molecule has 0 aromatic heterocycles. The lowest BCUT2D eigenvalue weighted by molar-refractivity contribution is 0.0964. The van der Waals surface area contributed by atoms with E-state index in [1.165, 1.54) is 24.7 Å². The predicted octanol–water partition coefficient (Wildman–Crippen LogP) is 3.00. The number of allylic oxidation sites excluding steroid dienone is 3. The average Bonchev–Trinajstić information content (AvgIpc) is 2.56. The summed E-state index contributed by atoms with van der Waals surface area (Å²) in [4.78, 5) is 12.2. The van der Waals surface area contributed by atoms with Crippen LogP contribution in [0.2, 0.25) is 0 Å². The molecule has 1 atom stereocenters. The molecule has 0 fully saturated rings. The Morgan fingerprint density at radius 2 is 2.26 bits per heavy atom. The molecule has 0 bridgehead atoms. The molecule has 7 heteroatoms. The fourth-order valence-electron chi connectivity index (χ4n) is 2.10. The summed E-state index contributed by atoms with van der Waals surface area (Å²) in [5.74, 6) is -0.780. The number of hydrogen-bond donors (Lipinski definition) is 3. The van der Waals surface area contributed by atoms with Gasteiger partial charge in [-0.1, -0.05) is 6.07 Å². The normalized spacial score (nSPS) is 18.5. The van der Waals surface area contributed by atoms with Gasteiger partial charge in [0.15, 0.2) is 0 Å². The first-order valence-electron chi connectivity index (χ1n) is 6.76. The van der Waals surface area contributed by atoms with E-state index in [1.807, 2.05) is 0 Å². The van der Waals surface area contributed by atoms with Gasteiger partial charge in [0.1, 0.15) is 17.7 Å². The molecule has 1 amide bonds. The maximum atomic E-state index is 13.9. The summed E-state index contributed by atoms with van der Waals surface area (Å²) in [5.41, 5.74) is 5.98. The molecule has 1 aromatic carbocycles. The maximum Gasteiger partial charge on any atom is 0.255 e. The zero-order valence-corrected chi connectivity index (χ0v) is 13.2. The van der Waals surface area contributed by atoms with Gasteiger partial charge in [-0.3, -0.25) is 4.79 Å². The van der Waals surface area contributed by atoms with Crippen LogP contribution in [0.5, 0.6) is 5.75 Å². The lowest BCUT2D eigenvalue weighted by Crippen LogP contribution is -2.27. The van der Waals surface area contributed by atoms with Gasteiger partial charge >= 0.3 is 0 Å². The van der Waals surface area contributed by atoms with Gasteiger partial charge in [-0.15, -0.1) is 12.6 Å². The van der Waals surface area contributed by atoms with E-state index in [-0.39, 0.29) is 17.0 Å². The van der Waals surface area contributed by atoms with E-state index in [1.54, 1.807) is 18.2 Å². The van der Waals surface area contributed by atoms with Crippen molar-refractivity contribution in [3.05, 3.63) is 64.1 Å². The highest BCUT2D eigenvalue weighted by Gasteiger charge is 2.25. The lowest BCUT2D eigenvalue weighted by atomic mass is 9.98. The zero-order chi connectivity index (χ0) is 17.0. The van der Waals surface area contributed by atoms with Gasteiger partial charge in [0.05, 0.1) is 12.8 Å². The molecule has 1 aliphatic rings. The summed E-state index contributed by atoms with van der Waals surface area (Å²) in [6.07, 6.45) is -0.873. The van der Waals surface area contributed by atoms with Crippen molar-refractivity contribution in [2.45, 2.75) is 12.6 Å². The van der Waals surface area contributed by atoms with Crippen molar-refractivity contribution in [1.82, 2.24) is 5.32 Å². The van der Waals surface area contributed by atoms with Crippen LogP contribution in [0, 0.1) is 0 Å². The molecule has 0 saturated carbocycles. The standard InChI is InChI=1S/C16H16F2N2O2S/c1-22-10-4-2-3-9(5-10)16(21)20-15-6-11(14(19)8-23)12(17)7-13(15)18/h2-6,8,12,23H,7,19H2,1H3,(H,20,21)/b14-8-.